The first kappa shape index (κ1) is 12.9. The van der Waals surface area contributed by atoms with Gasteiger partial charge in [0.15, 0.2) is 0 Å². The van der Waals surface area contributed by atoms with E-state index in [0.29, 0.717) is 23.7 Å². The van der Waals surface area contributed by atoms with Crippen LogP contribution in [0.4, 0.5) is 5.69 Å². The molecule has 2 aromatic rings. The zero-order valence-corrected chi connectivity index (χ0v) is 11.9. The van der Waals surface area contributed by atoms with Gasteiger partial charge in [0.1, 0.15) is 11.4 Å². The smallest absolute Gasteiger partial charge is 0.266 e. The SMILES string of the molecule is CN1CCN(C(=O)c2sc3ccccc3c2N)CC1=O. The van der Waals surface area contributed by atoms with Crippen LogP contribution in [0.25, 0.3) is 10.1 Å². The Morgan fingerprint density at radius 2 is 2.05 bits per heavy atom. The minimum atomic E-state index is -0.148. The van der Waals surface area contributed by atoms with Gasteiger partial charge in [0.05, 0.1) is 5.69 Å². The lowest BCUT2D eigenvalue weighted by Crippen LogP contribution is -2.50. The predicted molar refractivity (Wildman–Crippen MR) is 79.8 cm³/mol. The van der Waals surface area contributed by atoms with Crippen molar-refractivity contribution >= 4 is 38.9 Å². The number of piperazine rings is 1. The second kappa shape index (κ2) is 4.79. The zero-order valence-electron chi connectivity index (χ0n) is 11.1. The monoisotopic (exact) mass is 289 g/mol. The largest absolute Gasteiger partial charge is 0.397 e. The van der Waals surface area contributed by atoms with Crippen molar-refractivity contribution in [2.75, 3.05) is 32.4 Å². The summed E-state index contributed by atoms with van der Waals surface area (Å²) in [5.41, 5.74) is 6.59. The van der Waals surface area contributed by atoms with Crippen LogP contribution in [-0.2, 0) is 4.79 Å². The van der Waals surface area contributed by atoms with Gasteiger partial charge in [-0.25, -0.2) is 0 Å². The van der Waals surface area contributed by atoms with E-state index < -0.39 is 0 Å². The molecule has 0 atom stereocenters. The van der Waals surface area contributed by atoms with Gasteiger partial charge in [0.2, 0.25) is 5.91 Å². The van der Waals surface area contributed by atoms with Gasteiger partial charge in [-0.15, -0.1) is 11.3 Å². The number of hydrogen-bond acceptors (Lipinski definition) is 4. The van der Waals surface area contributed by atoms with Crippen LogP contribution in [0.15, 0.2) is 24.3 Å². The topological polar surface area (TPSA) is 66.6 Å². The van der Waals surface area contributed by atoms with Gasteiger partial charge < -0.3 is 15.5 Å². The van der Waals surface area contributed by atoms with E-state index in [1.165, 1.54) is 11.3 Å². The number of likely N-dealkylation sites (N-methyl/N-ethyl adjacent to an activating group) is 1. The number of nitrogens with zero attached hydrogens (tertiary/aromatic N) is 2. The highest BCUT2D eigenvalue weighted by atomic mass is 32.1. The van der Waals surface area contributed by atoms with Crippen molar-refractivity contribution in [3.05, 3.63) is 29.1 Å². The number of fused-ring (bicyclic) bond motifs is 1. The summed E-state index contributed by atoms with van der Waals surface area (Å²) in [6.45, 7) is 1.24. The van der Waals surface area contributed by atoms with E-state index in [0.717, 1.165) is 10.1 Å². The third-order valence-electron chi connectivity index (χ3n) is 3.57. The van der Waals surface area contributed by atoms with Gasteiger partial charge in [-0.2, -0.15) is 0 Å². The number of nitrogen functional groups attached to an aromatic ring is 1. The number of nitrogens with two attached hydrogens (primary N) is 1. The van der Waals surface area contributed by atoms with Gasteiger partial charge >= 0.3 is 0 Å². The first-order valence-corrected chi connectivity index (χ1v) is 7.20. The van der Waals surface area contributed by atoms with E-state index in [-0.39, 0.29) is 18.4 Å². The molecule has 1 fully saturated rings. The molecule has 1 aliphatic rings. The fourth-order valence-corrected chi connectivity index (χ4v) is 3.39. The molecule has 0 radical (unpaired) electrons. The maximum absolute atomic E-state index is 12.5. The number of anilines is 1. The standard InChI is InChI=1S/C14H15N3O2S/c1-16-6-7-17(8-11(16)18)14(19)13-12(15)9-4-2-3-5-10(9)20-13/h2-5H,6-8,15H2,1H3. The second-order valence-electron chi connectivity index (χ2n) is 4.88. The van der Waals surface area contributed by atoms with Gasteiger partial charge in [-0.1, -0.05) is 18.2 Å². The minimum Gasteiger partial charge on any atom is -0.397 e. The predicted octanol–water partition coefficient (Wildman–Crippen LogP) is 1.40. The summed E-state index contributed by atoms with van der Waals surface area (Å²) < 4.78 is 0.994. The molecule has 1 saturated heterocycles. The van der Waals surface area contributed by atoms with Crippen molar-refractivity contribution in [1.29, 1.82) is 0 Å². The summed E-state index contributed by atoms with van der Waals surface area (Å²) in [4.78, 5) is 28.0. The molecule has 3 rings (SSSR count). The molecule has 1 aliphatic heterocycles. The Morgan fingerprint density at radius 3 is 2.75 bits per heavy atom. The van der Waals surface area contributed by atoms with Crippen LogP contribution in [-0.4, -0.2) is 48.3 Å². The molecule has 2 heterocycles. The van der Waals surface area contributed by atoms with Crippen LogP contribution in [0, 0.1) is 0 Å². The van der Waals surface area contributed by atoms with E-state index in [1.54, 1.807) is 16.8 Å². The summed E-state index contributed by atoms with van der Waals surface area (Å²) in [6, 6.07) is 7.68. The average molecular weight is 289 g/mol. The van der Waals surface area contributed by atoms with Crippen molar-refractivity contribution in [2.24, 2.45) is 0 Å². The highest BCUT2D eigenvalue weighted by molar-refractivity contribution is 7.21. The lowest BCUT2D eigenvalue weighted by Gasteiger charge is -2.31. The van der Waals surface area contributed by atoms with Gasteiger partial charge in [-0.3, -0.25) is 9.59 Å². The molecular formula is C14H15N3O2S. The number of amides is 2. The summed E-state index contributed by atoms with van der Waals surface area (Å²) in [7, 11) is 1.75. The second-order valence-corrected chi connectivity index (χ2v) is 5.94. The van der Waals surface area contributed by atoms with Crippen LogP contribution in [0.3, 0.4) is 0 Å². The maximum atomic E-state index is 12.5. The average Bonchev–Trinajstić information content (AvgIpc) is 2.79. The molecule has 2 amide bonds. The van der Waals surface area contributed by atoms with Gasteiger partial charge in [0, 0.05) is 30.2 Å². The van der Waals surface area contributed by atoms with Crippen molar-refractivity contribution < 1.29 is 9.59 Å². The summed E-state index contributed by atoms with van der Waals surface area (Å²) in [6.07, 6.45) is 0. The third-order valence-corrected chi connectivity index (χ3v) is 4.75. The van der Waals surface area contributed by atoms with Crippen LogP contribution < -0.4 is 5.73 Å². The minimum absolute atomic E-state index is 0.0377. The Kier molecular flexibility index (Phi) is 3.10. The Balaban J connectivity index is 1.93. The number of thiophene rings is 1. The fourth-order valence-electron chi connectivity index (χ4n) is 2.30. The first-order valence-electron chi connectivity index (χ1n) is 6.38. The number of benzene rings is 1. The van der Waals surface area contributed by atoms with Crippen LogP contribution in [0.2, 0.25) is 0 Å². The lowest BCUT2D eigenvalue weighted by molar-refractivity contribution is -0.133. The molecular weight excluding hydrogens is 274 g/mol. The molecule has 6 heteroatoms. The zero-order chi connectivity index (χ0) is 14.3. The Hall–Kier alpha value is -2.08. The molecule has 104 valence electrons. The third kappa shape index (κ3) is 2.02. The van der Waals surface area contributed by atoms with Crippen molar-refractivity contribution in [3.8, 4) is 0 Å². The fraction of sp³-hybridized carbons (Fsp3) is 0.286. The van der Waals surface area contributed by atoms with Crippen LogP contribution in [0.1, 0.15) is 9.67 Å². The molecule has 1 aromatic heterocycles. The van der Waals surface area contributed by atoms with E-state index in [4.69, 9.17) is 5.73 Å². The molecule has 1 aromatic carbocycles. The Labute approximate surface area is 120 Å². The molecule has 0 aliphatic carbocycles. The molecule has 0 spiro atoms. The highest BCUT2D eigenvalue weighted by Gasteiger charge is 2.28. The molecule has 20 heavy (non-hydrogen) atoms. The van der Waals surface area contributed by atoms with E-state index in [1.807, 2.05) is 24.3 Å². The van der Waals surface area contributed by atoms with Crippen molar-refractivity contribution in [1.82, 2.24) is 9.80 Å². The van der Waals surface area contributed by atoms with Crippen molar-refractivity contribution in [2.45, 2.75) is 0 Å². The normalized spacial score (nSPS) is 15.9. The number of carbonyl (C=O) groups is 2. The number of rotatable bonds is 1. The van der Waals surface area contributed by atoms with E-state index in [2.05, 4.69) is 0 Å². The summed E-state index contributed by atoms with van der Waals surface area (Å²) in [5.74, 6) is -0.186. The quantitative estimate of drug-likeness (QED) is 0.863. The number of hydrogen-bond donors (Lipinski definition) is 1. The molecule has 0 bridgehead atoms. The van der Waals surface area contributed by atoms with Gasteiger partial charge in [-0.05, 0) is 6.07 Å². The molecule has 5 nitrogen and oxygen atoms in total. The molecule has 2 N–H and O–H groups in total. The molecule has 0 saturated carbocycles. The van der Waals surface area contributed by atoms with Crippen LogP contribution >= 0.6 is 11.3 Å². The summed E-state index contributed by atoms with van der Waals surface area (Å²) >= 11 is 1.39. The van der Waals surface area contributed by atoms with Crippen LogP contribution in [0.5, 0.6) is 0 Å². The molecule has 0 unspecified atom stereocenters. The van der Waals surface area contributed by atoms with Gasteiger partial charge in [0.25, 0.3) is 5.91 Å². The van der Waals surface area contributed by atoms with E-state index in [9.17, 15) is 9.59 Å². The van der Waals surface area contributed by atoms with Crippen molar-refractivity contribution in [3.63, 3.8) is 0 Å². The summed E-state index contributed by atoms with van der Waals surface area (Å²) in [5, 5.41) is 0.904. The maximum Gasteiger partial charge on any atom is 0.266 e. The van der Waals surface area contributed by atoms with E-state index >= 15 is 0 Å². The first-order chi connectivity index (χ1) is 9.58. The highest BCUT2D eigenvalue weighted by Crippen LogP contribution is 2.34. The lowest BCUT2D eigenvalue weighted by atomic mass is 10.2. The Morgan fingerprint density at radius 1 is 1.30 bits per heavy atom. The number of carbonyl (C=O) groups excluding carboxylic acids is 2. The Bertz CT molecular complexity index is 695.